The number of Topliss-reactive ketones (excluding diaryl/α,β-unsaturated/α-hetero) is 1. The zero-order valence-electron chi connectivity index (χ0n) is 13.0. The van der Waals surface area contributed by atoms with E-state index in [4.69, 9.17) is 0 Å². The van der Waals surface area contributed by atoms with Gasteiger partial charge in [-0.3, -0.25) is 19.4 Å². The molecule has 2 aromatic rings. The molecule has 1 aromatic carbocycles. The van der Waals surface area contributed by atoms with E-state index in [1.54, 1.807) is 24.3 Å². The van der Waals surface area contributed by atoms with Crippen molar-refractivity contribution in [3.63, 3.8) is 0 Å². The number of nitrogens with zero attached hydrogens (tertiary/aromatic N) is 1. The molecule has 4 heteroatoms. The SMILES string of the molecule is CC1(C)CC(=O)c2c(ncc3c2C(=O)c2ccccc2C3=O)C1. The van der Waals surface area contributed by atoms with Gasteiger partial charge in [-0.05, 0) is 11.8 Å². The van der Waals surface area contributed by atoms with Crippen LogP contribution in [0, 0.1) is 5.41 Å². The minimum Gasteiger partial charge on any atom is -0.294 e. The van der Waals surface area contributed by atoms with Crippen LogP contribution >= 0.6 is 0 Å². The number of fused-ring (bicyclic) bond motifs is 4. The summed E-state index contributed by atoms with van der Waals surface area (Å²) in [5.74, 6) is -0.578. The molecule has 0 unspecified atom stereocenters. The van der Waals surface area contributed by atoms with Crippen molar-refractivity contribution in [2.75, 3.05) is 0 Å². The van der Waals surface area contributed by atoms with Crippen molar-refractivity contribution in [2.45, 2.75) is 26.7 Å². The van der Waals surface area contributed by atoms with E-state index in [0.29, 0.717) is 35.2 Å². The molecule has 0 saturated heterocycles. The number of carbonyl (C=O) groups is 3. The van der Waals surface area contributed by atoms with E-state index in [1.165, 1.54) is 6.20 Å². The van der Waals surface area contributed by atoms with E-state index < -0.39 is 0 Å². The Bertz CT molecular complexity index is 909. The van der Waals surface area contributed by atoms with Crippen LogP contribution in [-0.4, -0.2) is 22.3 Å². The maximum absolute atomic E-state index is 12.9. The first-order valence-electron chi connectivity index (χ1n) is 7.62. The molecule has 0 amide bonds. The molecule has 0 radical (unpaired) electrons. The van der Waals surface area contributed by atoms with Crippen LogP contribution in [0.2, 0.25) is 0 Å². The lowest BCUT2D eigenvalue weighted by Crippen LogP contribution is -2.32. The predicted molar refractivity (Wildman–Crippen MR) is 84.0 cm³/mol. The van der Waals surface area contributed by atoms with E-state index in [2.05, 4.69) is 4.98 Å². The fourth-order valence-corrected chi connectivity index (χ4v) is 3.59. The maximum Gasteiger partial charge on any atom is 0.196 e. The van der Waals surface area contributed by atoms with Crippen LogP contribution in [0.3, 0.4) is 0 Å². The molecule has 0 atom stereocenters. The summed E-state index contributed by atoms with van der Waals surface area (Å²) >= 11 is 0. The summed E-state index contributed by atoms with van der Waals surface area (Å²) in [7, 11) is 0. The Morgan fingerprint density at radius 1 is 0.870 bits per heavy atom. The zero-order chi connectivity index (χ0) is 16.4. The van der Waals surface area contributed by atoms with Gasteiger partial charge in [0.1, 0.15) is 0 Å². The second kappa shape index (κ2) is 4.44. The largest absolute Gasteiger partial charge is 0.294 e. The van der Waals surface area contributed by atoms with Gasteiger partial charge in [-0.1, -0.05) is 38.1 Å². The first-order valence-corrected chi connectivity index (χ1v) is 7.62. The summed E-state index contributed by atoms with van der Waals surface area (Å²) in [5.41, 5.74) is 2.07. The average molecular weight is 305 g/mol. The van der Waals surface area contributed by atoms with E-state index in [0.717, 1.165) is 0 Å². The molecule has 4 nitrogen and oxygen atoms in total. The molecule has 1 aromatic heterocycles. The third kappa shape index (κ3) is 1.91. The van der Waals surface area contributed by atoms with Crippen LogP contribution in [0.25, 0.3) is 0 Å². The Morgan fingerprint density at radius 3 is 2.22 bits per heavy atom. The van der Waals surface area contributed by atoms with Crippen molar-refractivity contribution in [3.8, 4) is 0 Å². The second-order valence-electron chi connectivity index (χ2n) is 7.01. The van der Waals surface area contributed by atoms with E-state index in [-0.39, 0.29) is 33.9 Å². The van der Waals surface area contributed by atoms with E-state index >= 15 is 0 Å². The fourth-order valence-electron chi connectivity index (χ4n) is 3.59. The summed E-state index contributed by atoms with van der Waals surface area (Å²) in [6, 6.07) is 6.74. The Morgan fingerprint density at radius 2 is 1.52 bits per heavy atom. The molecule has 2 aliphatic rings. The van der Waals surface area contributed by atoms with Gasteiger partial charge in [-0.25, -0.2) is 0 Å². The second-order valence-corrected chi connectivity index (χ2v) is 7.01. The molecule has 4 rings (SSSR count). The van der Waals surface area contributed by atoms with Gasteiger partial charge < -0.3 is 0 Å². The van der Waals surface area contributed by atoms with Crippen LogP contribution in [0.1, 0.15) is 68.2 Å². The molecule has 23 heavy (non-hydrogen) atoms. The number of rotatable bonds is 0. The Hall–Kier alpha value is -2.62. The number of hydrogen-bond donors (Lipinski definition) is 0. The monoisotopic (exact) mass is 305 g/mol. The van der Waals surface area contributed by atoms with Crippen molar-refractivity contribution < 1.29 is 14.4 Å². The Kier molecular flexibility index (Phi) is 2.71. The van der Waals surface area contributed by atoms with Crippen LogP contribution < -0.4 is 0 Å². The van der Waals surface area contributed by atoms with Gasteiger partial charge in [0.15, 0.2) is 17.3 Å². The lowest BCUT2D eigenvalue weighted by atomic mass is 9.72. The van der Waals surface area contributed by atoms with Crippen molar-refractivity contribution in [1.82, 2.24) is 4.98 Å². The molecular formula is C19H15NO3. The van der Waals surface area contributed by atoms with Gasteiger partial charge in [0.25, 0.3) is 0 Å². The van der Waals surface area contributed by atoms with E-state index in [1.807, 2.05) is 13.8 Å². The minimum absolute atomic E-state index is 0.0962. The summed E-state index contributed by atoms with van der Waals surface area (Å²) in [6.45, 7) is 4.02. The van der Waals surface area contributed by atoms with Gasteiger partial charge >= 0.3 is 0 Å². The molecule has 0 bridgehead atoms. The normalized spacial score (nSPS) is 18.3. The van der Waals surface area contributed by atoms with Gasteiger partial charge in [0.05, 0.1) is 16.8 Å². The molecule has 2 aliphatic carbocycles. The molecule has 0 spiro atoms. The quantitative estimate of drug-likeness (QED) is 0.640. The smallest absolute Gasteiger partial charge is 0.196 e. The van der Waals surface area contributed by atoms with Gasteiger partial charge in [0.2, 0.25) is 0 Å². The first-order chi connectivity index (χ1) is 10.9. The molecular weight excluding hydrogens is 290 g/mol. The molecule has 0 N–H and O–H groups in total. The molecule has 0 aliphatic heterocycles. The number of aromatic nitrogens is 1. The van der Waals surface area contributed by atoms with Crippen molar-refractivity contribution in [3.05, 3.63) is 64.0 Å². The number of pyridine rings is 1. The number of hydrogen-bond acceptors (Lipinski definition) is 4. The van der Waals surface area contributed by atoms with Gasteiger partial charge in [0, 0.05) is 29.3 Å². The Labute approximate surface area is 133 Å². The van der Waals surface area contributed by atoms with Gasteiger partial charge in [-0.2, -0.15) is 0 Å². The average Bonchev–Trinajstić information content (AvgIpc) is 2.50. The highest BCUT2D eigenvalue weighted by molar-refractivity contribution is 6.31. The summed E-state index contributed by atoms with van der Waals surface area (Å²) in [6.07, 6.45) is 2.45. The molecule has 0 saturated carbocycles. The maximum atomic E-state index is 12.9. The summed E-state index contributed by atoms with van der Waals surface area (Å²) in [5, 5.41) is 0. The fraction of sp³-hybridized carbons (Fsp3) is 0.263. The zero-order valence-corrected chi connectivity index (χ0v) is 13.0. The van der Waals surface area contributed by atoms with Crippen LogP contribution in [0.4, 0.5) is 0 Å². The Balaban J connectivity index is 2.01. The topological polar surface area (TPSA) is 64.1 Å². The first kappa shape index (κ1) is 14.0. The van der Waals surface area contributed by atoms with Crippen LogP contribution in [-0.2, 0) is 6.42 Å². The van der Waals surface area contributed by atoms with Crippen molar-refractivity contribution in [1.29, 1.82) is 0 Å². The van der Waals surface area contributed by atoms with Gasteiger partial charge in [-0.15, -0.1) is 0 Å². The van der Waals surface area contributed by atoms with Crippen molar-refractivity contribution in [2.24, 2.45) is 5.41 Å². The standard InChI is InChI=1S/C19H15NO3/c1-19(2)7-13-16(14(21)8-19)15-12(9-20-13)17(22)10-5-3-4-6-11(10)18(15)23/h3-6,9H,7-8H2,1-2H3. The third-order valence-corrected chi connectivity index (χ3v) is 4.61. The molecule has 0 fully saturated rings. The number of benzene rings is 1. The van der Waals surface area contributed by atoms with E-state index in [9.17, 15) is 14.4 Å². The van der Waals surface area contributed by atoms with Crippen molar-refractivity contribution >= 4 is 17.3 Å². The summed E-state index contributed by atoms with van der Waals surface area (Å²) < 4.78 is 0. The predicted octanol–water partition coefficient (Wildman–Crippen LogP) is 3.01. The highest BCUT2D eigenvalue weighted by atomic mass is 16.1. The summed E-state index contributed by atoms with van der Waals surface area (Å²) in [4.78, 5) is 42.5. The van der Waals surface area contributed by atoms with Crippen LogP contribution in [0.15, 0.2) is 30.5 Å². The highest BCUT2D eigenvalue weighted by Crippen LogP contribution is 2.38. The highest BCUT2D eigenvalue weighted by Gasteiger charge is 2.39. The minimum atomic E-state index is -0.248. The molecule has 1 heterocycles. The van der Waals surface area contributed by atoms with Crippen LogP contribution in [0.5, 0.6) is 0 Å². The lowest BCUT2D eigenvalue weighted by molar-refractivity contribution is 0.0898. The number of ketones is 3. The molecule has 114 valence electrons. The lowest BCUT2D eigenvalue weighted by Gasteiger charge is -2.31. The third-order valence-electron chi connectivity index (χ3n) is 4.61. The number of carbonyl (C=O) groups excluding carboxylic acids is 3.